The molecular weight excluding hydrogens is 342 g/mol. The summed E-state index contributed by atoms with van der Waals surface area (Å²) in [6, 6.07) is 0. The Labute approximate surface area is 171 Å². The molecule has 0 amide bonds. The summed E-state index contributed by atoms with van der Waals surface area (Å²) in [5, 5.41) is 0. The zero-order chi connectivity index (χ0) is 19.5. The fourth-order valence-electron chi connectivity index (χ4n) is 8.67. The number of carbonyl (C=O) groups is 1. The molecule has 4 aliphatic carbocycles. The van der Waals surface area contributed by atoms with Crippen molar-refractivity contribution in [3.05, 3.63) is 11.6 Å². The third kappa shape index (κ3) is 2.72. The maximum atomic E-state index is 12.3. The van der Waals surface area contributed by atoms with Crippen molar-refractivity contribution in [3.63, 3.8) is 0 Å². The van der Waals surface area contributed by atoms with Crippen LogP contribution in [0.15, 0.2) is 11.6 Å². The Morgan fingerprint density at radius 2 is 1.75 bits per heavy atom. The van der Waals surface area contributed by atoms with E-state index in [1.807, 2.05) is 6.92 Å². The van der Waals surface area contributed by atoms with E-state index < -0.39 is 0 Å². The lowest BCUT2D eigenvalue weighted by atomic mass is 9.46. The number of allylic oxidation sites excluding steroid dienone is 2. The highest BCUT2D eigenvalue weighted by atomic mass is 16.1. The number of fused-ring (bicyclic) bond motifs is 5. The molecule has 5 aliphatic rings. The van der Waals surface area contributed by atoms with E-state index in [0.717, 1.165) is 24.2 Å². The summed E-state index contributed by atoms with van der Waals surface area (Å²) in [5.74, 6) is 3.32. The molecule has 0 bridgehead atoms. The number of piperidine rings is 1. The molecule has 4 fully saturated rings. The molecular formula is C26H40NO+. The van der Waals surface area contributed by atoms with E-state index in [-0.39, 0.29) is 0 Å². The predicted molar refractivity (Wildman–Crippen MR) is 115 cm³/mol. The smallest absolute Gasteiger partial charge is 0.175 e. The van der Waals surface area contributed by atoms with Crippen molar-refractivity contribution in [2.75, 3.05) is 13.1 Å². The topological polar surface area (TPSA) is 20.1 Å². The zero-order valence-corrected chi connectivity index (χ0v) is 18.4. The van der Waals surface area contributed by atoms with Gasteiger partial charge in [0, 0.05) is 31.3 Å². The van der Waals surface area contributed by atoms with Crippen molar-refractivity contribution in [2.24, 2.45) is 34.5 Å². The van der Waals surface area contributed by atoms with Gasteiger partial charge in [-0.1, -0.05) is 19.4 Å². The monoisotopic (exact) mass is 382 g/mol. The van der Waals surface area contributed by atoms with E-state index in [1.54, 1.807) is 11.3 Å². The van der Waals surface area contributed by atoms with Crippen LogP contribution >= 0.6 is 0 Å². The number of nitrogens with zero attached hydrogens (tertiary/aromatic N) is 1. The van der Waals surface area contributed by atoms with Gasteiger partial charge in [0.2, 0.25) is 0 Å². The molecule has 1 aliphatic heterocycles. The van der Waals surface area contributed by atoms with Crippen LogP contribution in [0.1, 0.15) is 91.4 Å². The van der Waals surface area contributed by atoms with E-state index in [9.17, 15) is 4.79 Å². The first-order chi connectivity index (χ1) is 13.4. The van der Waals surface area contributed by atoms with Gasteiger partial charge < -0.3 is 0 Å². The predicted octanol–water partition coefficient (Wildman–Crippen LogP) is 5.79. The summed E-state index contributed by atoms with van der Waals surface area (Å²) < 4.78 is 2.70. The lowest BCUT2D eigenvalue weighted by Crippen LogP contribution is -2.51. The molecule has 6 unspecified atom stereocenters. The van der Waals surface area contributed by atoms with Crippen LogP contribution in [-0.2, 0) is 4.79 Å². The highest BCUT2D eigenvalue weighted by Crippen LogP contribution is 2.66. The summed E-state index contributed by atoms with van der Waals surface area (Å²) in [6.07, 6.45) is 17.3. The molecule has 28 heavy (non-hydrogen) atoms. The van der Waals surface area contributed by atoms with Crippen LogP contribution in [0.25, 0.3) is 0 Å². The molecule has 5 rings (SSSR count). The van der Waals surface area contributed by atoms with Crippen LogP contribution in [-0.4, -0.2) is 29.2 Å². The Balaban J connectivity index is 1.43. The van der Waals surface area contributed by atoms with Gasteiger partial charge in [0.05, 0.1) is 0 Å². The van der Waals surface area contributed by atoms with Gasteiger partial charge in [-0.2, -0.15) is 0 Å². The van der Waals surface area contributed by atoms with Crippen LogP contribution < -0.4 is 0 Å². The van der Waals surface area contributed by atoms with Crippen molar-refractivity contribution in [1.82, 2.24) is 0 Å². The normalized spacial score (nSPS) is 45.8. The molecule has 1 saturated heterocycles. The molecule has 0 N–H and O–H groups in total. The molecule has 2 nitrogen and oxygen atoms in total. The molecule has 0 aromatic heterocycles. The summed E-state index contributed by atoms with van der Waals surface area (Å²) in [5.41, 5.74) is 4.16. The van der Waals surface area contributed by atoms with Crippen LogP contribution in [0.4, 0.5) is 0 Å². The maximum absolute atomic E-state index is 12.3. The third-order valence-electron chi connectivity index (χ3n) is 10.2. The molecule has 6 atom stereocenters. The van der Waals surface area contributed by atoms with Gasteiger partial charge in [0.1, 0.15) is 18.9 Å². The molecule has 0 aromatic carbocycles. The quantitative estimate of drug-likeness (QED) is 0.525. The fraction of sp³-hybridized carbons (Fsp3) is 0.846. The largest absolute Gasteiger partial charge is 0.300 e. The molecule has 0 spiro atoms. The lowest BCUT2D eigenvalue weighted by molar-refractivity contribution is -0.537. The van der Waals surface area contributed by atoms with Crippen LogP contribution in [0.2, 0.25) is 0 Å². The number of ketones is 1. The third-order valence-corrected chi connectivity index (χ3v) is 10.2. The van der Waals surface area contributed by atoms with Crippen molar-refractivity contribution >= 4 is 11.5 Å². The lowest BCUT2D eigenvalue weighted by Gasteiger charge is -2.58. The highest BCUT2D eigenvalue weighted by Gasteiger charge is 2.59. The number of rotatable bonds is 1. The minimum Gasteiger partial charge on any atom is -0.300 e. The Morgan fingerprint density at radius 3 is 2.50 bits per heavy atom. The number of carbonyl (C=O) groups excluding carboxylic acids is 1. The Morgan fingerprint density at radius 1 is 0.964 bits per heavy atom. The molecule has 0 radical (unpaired) electrons. The van der Waals surface area contributed by atoms with Gasteiger partial charge in [-0.3, -0.25) is 4.79 Å². The van der Waals surface area contributed by atoms with Gasteiger partial charge in [0.15, 0.2) is 5.71 Å². The second-order valence-corrected chi connectivity index (χ2v) is 11.3. The first kappa shape index (κ1) is 19.1. The Hall–Kier alpha value is -0.920. The zero-order valence-electron chi connectivity index (χ0n) is 18.4. The standard InChI is InChI=1S/C26H40NO/c1-18(28)22-9-10-23-21-8-7-19-17-20(27-15-5-4-6-16-27)11-13-25(19,2)24(21)12-14-26(22,23)3/h17,21-24H,4-16H2,1-3H3/q+1. The van der Waals surface area contributed by atoms with Gasteiger partial charge in [-0.15, -0.1) is 0 Å². The highest BCUT2D eigenvalue weighted by molar-refractivity contribution is 5.92. The summed E-state index contributed by atoms with van der Waals surface area (Å²) in [6.45, 7) is 9.52. The van der Waals surface area contributed by atoms with Crippen molar-refractivity contribution in [1.29, 1.82) is 0 Å². The minimum absolute atomic E-state index is 0.296. The maximum Gasteiger partial charge on any atom is 0.175 e. The van der Waals surface area contributed by atoms with E-state index in [1.165, 1.54) is 77.3 Å². The van der Waals surface area contributed by atoms with Gasteiger partial charge in [0.25, 0.3) is 0 Å². The van der Waals surface area contributed by atoms with Crippen molar-refractivity contribution in [2.45, 2.75) is 91.4 Å². The van der Waals surface area contributed by atoms with Crippen LogP contribution in [0.5, 0.6) is 0 Å². The second-order valence-electron chi connectivity index (χ2n) is 11.3. The molecule has 1 heterocycles. The Bertz CT molecular complexity index is 725. The first-order valence-electron chi connectivity index (χ1n) is 12.3. The number of hydrogen-bond donors (Lipinski definition) is 0. The summed E-state index contributed by atoms with van der Waals surface area (Å²) in [7, 11) is 0. The van der Waals surface area contributed by atoms with E-state index in [2.05, 4.69) is 24.5 Å². The number of hydrogen-bond acceptors (Lipinski definition) is 1. The van der Waals surface area contributed by atoms with E-state index >= 15 is 0 Å². The van der Waals surface area contributed by atoms with Crippen LogP contribution in [0.3, 0.4) is 0 Å². The van der Waals surface area contributed by atoms with Gasteiger partial charge >= 0.3 is 0 Å². The van der Waals surface area contributed by atoms with E-state index in [4.69, 9.17) is 0 Å². The van der Waals surface area contributed by atoms with Gasteiger partial charge in [-0.05, 0) is 86.9 Å². The fourth-order valence-corrected chi connectivity index (χ4v) is 8.67. The SMILES string of the molecule is CC(=O)C1CCC2C3CCC4=CC(=[N+]5CCCCC5)CCC4(C)C3CCC12C. The van der Waals surface area contributed by atoms with Gasteiger partial charge in [-0.25, -0.2) is 4.58 Å². The average molecular weight is 383 g/mol. The minimum atomic E-state index is 0.296. The molecule has 154 valence electrons. The summed E-state index contributed by atoms with van der Waals surface area (Å²) in [4.78, 5) is 12.3. The number of Topliss-reactive ketones (excluding diaryl/α,β-unsaturated/α-hetero) is 1. The Kier molecular flexibility index (Phi) is 4.64. The van der Waals surface area contributed by atoms with Crippen LogP contribution in [0, 0.1) is 34.5 Å². The second kappa shape index (κ2) is 6.81. The summed E-state index contributed by atoms with van der Waals surface area (Å²) >= 11 is 0. The van der Waals surface area contributed by atoms with Crippen molar-refractivity contribution < 1.29 is 9.37 Å². The molecule has 0 aromatic rings. The average Bonchev–Trinajstić information content (AvgIpc) is 3.05. The van der Waals surface area contributed by atoms with Crippen molar-refractivity contribution in [3.8, 4) is 0 Å². The van der Waals surface area contributed by atoms with E-state index in [0.29, 0.717) is 22.5 Å². The molecule has 2 heteroatoms. The first-order valence-corrected chi connectivity index (χ1v) is 12.3. The molecule has 3 saturated carbocycles.